The maximum Gasteiger partial charge on any atom is 0.306 e. The zero-order valence-corrected chi connectivity index (χ0v) is 11.9. The first-order valence-electron chi connectivity index (χ1n) is 6.94. The second-order valence-electron chi connectivity index (χ2n) is 5.24. The van der Waals surface area contributed by atoms with E-state index in [1.807, 2.05) is 0 Å². The Morgan fingerprint density at radius 3 is 2.48 bits per heavy atom. The van der Waals surface area contributed by atoms with Crippen LogP contribution in [0.5, 0.6) is 0 Å². The van der Waals surface area contributed by atoms with Crippen LogP contribution in [0, 0.1) is 11.7 Å². The number of hydrogen-bond donors (Lipinski definition) is 1. The standard InChI is InChI=1S/C16H18FNO3/c1-11(13-4-2-3-5-14(13)17)10-15(19)18-8-6-12(7-9-18)16(20)21/h2-5,10,12H,6-9H2,1H3,(H,20,21). The van der Waals surface area contributed by atoms with Crippen molar-refractivity contribution in [3.8, 4) is 0 Å². The fraction of sp³-hybridized carbons (Fsp3) is 0.375. The third kappa shape index (κ3) is 3.68. The minimum Gasteiger partial charge on any atom is -0.481 e. The van der Waals surface area contributed by atoms with Gasteiger partial charge in [0.1, 0.15) is 5.82 Å². The lowest BCUT2D eigenvalue weighted by Gasteiger charge is -2.29. The summed E-state index contributed by atoms with van der Waals surface area (Å²) in [5.74, 6) is -1.73. The highest BCUT2D eigenvalue weighted by atomic mass is 19.1. The van der Waals surface area contributed by atoms with Gasteiger partial charge in [-0.3, -0.25) is 9.59 Å². The molecule has 0 atom stereocenters. The van der Waals surface area contributed by atoms with Gasteiger partial charge in [0.05, 0.1) is 5.92 Å². The van der Waals surface area contributed by atoms with E-state index in [4.69, 9.17) is 5.11 Å². The maximum atomic E-state index is 13.6. The number of benzene rings is 1. The van der Waals surface area contributed by atoms with E-state index in [1.54, 1.807) is 30.0 Å². The molecule has 0 radical (unpaired) electrons. The Morgan fingerprint density at radius 2 is 1.90 bits per heavy atom. The van der Waals surface area contributed by atoms with Crippen molar-refractivity contribution >= 4 is 17.4 Å². The van der Waals surface area contributed by atoms with Gasteiger partial charge in [0.15, 0.2) is 0 Å². The topological polar surface area (TPSA) is 57.6 Å². The van der Waals surface area contributed by atoms with Crippen LogP contribution in [0.3, 0.4) is 0 Å². The number of carbonyl (C=O) groups is 2. The second-order valence-corrected chi connectivity index (χ2v) is 5.24. The van der Waals surface area contributed by atoms with Crippen LogP contribution in [0.15, 0.2) is 30.3 Å². The molecule has 1 saturated heterocycles. The number of carbonyl (C=O) groups excluding carboxylic acids is 1. The van der Waals surface area contributed by atoms with Gasteiger partial charge in [-0.1, -0.05) is 18.2 Å². The Balaban J connectivity index is 2.03. The van der Waals surface area contributed by atoms with E-state index in [2.05, 4.69) is 0 Å². The molecule has 0 aliphatic carbocycles. The van der Waals surface area contributed by atoms with Crippen molar-refractivity contribution in [1.29, 1.82) is 0 Å². The van der Waals surface area contributed by atoms with Crippen LogP contribution >= 0.6 is 0 Å². The maximum absolute atomic E-state index is 13.6. The van der Waals surface area contributed by atoms with Gasteiger partial charge < -0.3 is 10.0 Å². The average molecular weight is 291 g/mol. The molecule has 5 heteroatoms. The van der Waals surface area contributed by atoms with E-state index in [0.29, 0.717) is 37.1 Å². The molecule has 1 aromatic rings. The van der Waals surface area contributed by atoms with E-state index in [0.717, 1.165) is 0 Å². The van der Waals surface area contributed by atoms with Crippen LogP contribution < -0.4 is 0 Å². The molecule has 0 spiro atoms. The zero-order chi connectivity index (χ0) is 15.4. The average Bonchev–Trinajstić information content (AvgIpc) is 2.47. The fourth-order valence-electron chi connectivity index (χ4n) is 2.48. The highest BCUT2D eigenvalue weighted by molar-refractivity contribution is 5.95. The third-order valence-electron chi connectivity index (χ3n) is 3.79. The molecular formula is C16H18FNO3. The number of halogens is 1. The van der Waals surface area contributed by atoms with Gasteiger partial charge in [0.2, 0.25) is 5.91 Å². The van der Waals surface area contributed by atoms with Crippen molar-refractivity contribution in [1.82, 2.24) is 4.90 Å². The number of hydrogen-bond acceptors (Lipinski definition) is 2. The lowest BCUT2D eigenvalue weighted by molar-refractivity contribution is -0.144. The number of likely N-dealkylation sites (tertiary alicyclic amines) is 1. The summed E-state index contributed by atoms with van der Waals surface area (Å²) < 4.78 is 13.6. The highest BCUT2D eigenvalue weighted by Crippen LogP contribution is 2.20. The SMILES string of the molecule is CC(=CC(=O)N1CCC(C(=O)O)CC1)c1ccccc1F. The van der Waals surface area contributed by atoms with Gasteiger partial charge in [-0.2, -0.15) is 0 Å². The summed E-state index contributed by atoms with van der Waals surface area (Å²) in [6.07, 6.45) is 2.35. The van der Waals surface area contributed by atoms with Gasteiger partial charge >= 0.3 is 5.97 Å². The number of aliphatic carboxylic acids is 1. The van der Waals surface area contributed by atoms with Crippen molar-refractivity contribution in [2.24, 2.45) is 5.92 Å². The minimum absolute atomic E-state index is 0.195. The predicted octanol–water partition coefficient (Wildman–Crippen LogP) is 2.55. The molecule has 4 nitrogen and oxygen atoms in total. The number of rotatable bonds is 3. The smallest absolute Gasteiger partial charge is 0.306 e. The van der Waals surface area contributed by atoms with E-state index in [1.165, 1.54) is 12.1 Å². The Bertz CT molecular complexity index is 575. The Labute approximate surface area is 122 Å². The molecule has 1 heterocycles. The lowest BCUT2D eigenvalue weighted by Crippen LogP contribution is -2.39. The molecule has 1 N–H and O–H groups in total. The quantitative estimate of drug-likeness (QED) is 0.871. The Kier molecular flexibility index (Phi) is 4.73. The molecule has 1 aliphatic rings. The first-order valence-corrected chi connectivity index (χ1v) is 6.94. The number of carboxylic acids is 1. The van der Waals surface area contributed by atoms with Gasteiger partial charge in [-0.25, -0.2) is 4.39 Å². The molecular weight excluding hydrogens is 273 g/mol. The van der Waals surface area contributed by atoms with Crippen molar-refractivity contribution in [3.63, 3.8) is 0 Å². The molecule has 1 aliphatic heterocycles. The number of amides is 1. The van der Waals surface area contributed by atoms with E-state index < -0.39 is 5.97 Å². The number of nitrogens with zero attached hydrogens (tertiary/aromatic N) is 1. The summed E-state index contributed by atoms with van der Waals surface area (Å²) in [7, 11) is 0. The summed E-state index contributed by atoms with van der Waals surface area (Å²) in [6, 6.07) is 6.31. The van der Waals surface area contributed by atoms with Crippen molar-refractivity contribution < 1.29 is 19.1 Å². The number of piperidine rings is 1. The zero-order valence-electron chi connectivity index (χ0n) is 11.9. The first kappa shape index (κ1) is 15.2. The summed E-state index contributed by atoms with van der Waals surface area (Å²) in [5.41, 5.74) is 0.977. The summed E-state index contributed by atoms with van der Waals surface area (Å²) >= 11 is 0. The van der Waals surface area contributed by atoms with E-state index in [-0.39, 0.29) is 17.6 Å². The Hall–Kier alpha value is -2.17. The molecule has 21 heavy (non-hydrogen) atoms. The van der Waals surface area contributed by atoms with Crippen LogP contribution in [0.2, 0.25) is 0 Å². The van der Waals surface area contributed by atoms with Crippen LogP contribution in [0.1, 0.15) is 25.3 Å². The molecule has 0 saturated carbocycles. The molecule has 112 valence electrons. The van der Waals surface area contributed by atoms with Crippen molar-refractivity contribution in [2.75, 3.05) is 13.1 Å². The largest absolute Gasteiger partial charge is 0.481 e. The van der Waals surface area contributed by atoms with Gasteiger partial charge in [0, 0.05) is 24.7 Å². The van der Waals surface area contributed by atoms with E-state index in [9.17, 15) is 14.0 Å². The summed E-state index contributed by atoms with van der Waals surface area (Å²) in [4.78, 5) is 24.6. The van der Waals surface area contributed by atoms with Crippen LogP contribution in [0.25, 0.3) is 5.57 Å². The number of allylic oxidation sites excluding steroid dienone is 1. The summed E-state index contributed by atoms with van der Waals surface area (Å²) in [6.45, 7) is 2.55. The van der Waals surface area contributed by atoms with E-state index >= 15 is 0 Å². The van der Waals surface area contributed by atoms with Crippen molar-refractivity contribution in [3.05, 3.63) is 41.7 Å². The number of carboxylic acid groups (broad SMARTS) is 1. The monoisotopic (exact) mass is 291 g/mol. The van der Waals surface area contributed by atoms with Crippen LogP contribution in [-0.4, -0.2) is 35.0 Å². The molecule has 1 aromatic carbocycles. The lowest BCUT2D eigenvalue weighted by atomic mass is 9.97. The van der Waals surface area contributed by atoms with Crippen LogP contribution in [-0.2, 0) is 9.59 Å². The predicted molar refractivity (Wildman–Crippen MR) is 77.0 cm³/mol. The molecule has 0 bridgehead atoms. The second kappa shape index (κ2) is 6.52. The molecule has 0 aromatic heterocycles. The normalized spacial score (nSPS) is 16.9. The van der Waals surface area contributed by atoms with Gasteiger partial charge in [-0.15, -0.1) is 0 Å². The third-order valence-corrected chi connectivity index (χ3v) is 3.79. The van der Waals surface area contributed by atoms with Crippen molar-refractivity contribution in [2.45, 2.75) is 19.8 Å². The van der Waals surface area contributed by atoms with Gasteiger partial charge in [0.25, 0.3) is 0 Å². The first-order chi connectivity index (χ1) is 9.99. The molecule has 1 fully saturated rings. The molecule has 0 unspecified atom stereocenters. The Morgan fingerprint density at radius 1 is 1.29 bits per heavy atom. The summed E-state index contributed by atoms with van der Waals surface area (Å²) in [5, 5.41) is 8.93. The molecule has 2 rings (SSSR count). The minimum atomic E-state index is -0.805. The highest BCUT2D eigenvalue weighted by Gasteiger charge is 2.26. The molecule has 1 amide bonds. The van der Waals surface area contributed by atoms with Gasteiger partial charge in [-0.05, 0) is 31.4 Å². The fourth-order valence-corrected chi connectivity index (χ4v) is 2.48. The van der Waals surface area contributed by atoms with Crippen LogP contribution in [0.4, 0.5) is 4.39 Å².